The summed E-state index contributed by atoms with van der Waals surface area (Å²) in [4.78, 5) is 15.1. The van der Waals surface area contributed by atoms with Crippen LogP contribution in [0.4, 0.5) is 4.39 Å². The Labute approximate surface area is 106 Å². The average Bonchev–Trinajstić information content (AvgIpc) is 2.39. The molecule has 1 aromatic heterocycles. The number of halogens is 1. The second-order valence-corrected chi connectivity index (χ2v) is 4.52. The lowest BCUT2D eigenvalue weighted by atomic mass is 9.85. The number of Topliss-reactive ketones (excluding diaryl/α,β-unsaturated/α-hetero) is 1. The zero-order valence-electron chi connectivity index (χ0n) is 10.6. The highest BCUT2D eigenvalue weighted by molar-refractivity contribution is 5.80. The van der Waals surface area contributed by atoms with Gasteiger partial charge < -0.3 is 4.74 Å². The molecule has 0 N–H and O–H groups in total. The molecule has 4 heteroatoms. The van der Waals surface area contributed by atoms with Gasteiger partial charge in [0.15, 0.2) is 0 Å². The van der Waals surface area contributed by atoms with Crippen LogP contribution in [0.3, 0.4) is 0 Å². The normalized spacial score (nSPS) is 19.3. The van der Waals surface area contributed by atoms with E-state index >= 15 is 0 Å². The molecule has 0 radical (unpaired) electrons. The second-order valence-electron chi connectivity index (χ2n) is 4.52. The molecule has 1 aromatic rings. The van der Waals surface area contributed by atoms with Crippen LogP contribution in [0.15, 0.2) is 18.3 Å². The molecule has 0 amide bonds. The van der Waals surface area contributed by atoms with Gasteiger partial charge in [-0.3, -0.25) is 4.79 Å². The van der Waals surface area contributed by atoms with Gasteiger partial charge in [0.2, 0.25) is 5.88 Å². The fraction of sp³-hybridized carbons (Fsp3) is 0.429. The lowest BCUT2D eigenvalue weighted by Crippen LogP contribution is -2.13. The summed E-state index contributed by atoms with van der Waals surface area (Å²) in [5, 5.41) is 0. The maximum atomic E-state index is 13.7. The number of pyridine rings is 1. The zero-order valence-corrected chi connectivity index (χ0v) is 10.6. The molecule has 3 nitrogen and oxygen atoms in total. The van der Waals surface area contributed by atoms with Gasteiger partial charge in [0.25, 0.3) is 0 Å². The molecule has 1 aliphatic carbocycles. The molecule has 1 heterocycles. The molecule has 2 rings (SSSR count). The molecule has 96 valence electrons. The number of ether oxygens (including phenoxy) is 1. The van der Waals surface area contributed by atoms with Crippen molar-refractivity contribution in [2.75, 3.05) is 7.11 Å². The van der Waals surface area contributed by atoms with Crippen LogP contribution in [0.2, 0.25) is 0 Å². The summed E-state index contributed by atoms with van der Waals surface area (Å²) in [6.45, 7) is 1.61. The molecule has 0 fully saturated rings. The summed E-state index contributed by atoms with van der Waals surface area (Å²) in [5.41, 5.74) is 1.47. The molecule has 0 bridgehead atoms. The number of ketones is 1. The quantitative estimate of drug-likeness (QED) is 0.826. The highest BCUT2D eigenvalue weighted by Crippen LogP contribution is 2.32. The van der Waals surface area contributed by atoms with Crippen molar-refractivity contribution in [3.8, 4) is 5.88 Å². The van der Waals surface area contributed by atoms with E-state index in [1.54, 1.807) is 13.0 Å². The SMILES string of the molecule is COc1cc(C2=CCC(C(C)=O)CC2)c(F)cn1. The maximum absolute atomic E-state index is 13.7. The lowest BCUT2D eigenvalue weighted by Gasteiger charge is -2.20. The standard InChI is InChI=1S/C14H16FNO2/c1-9(17)10-3-5-11(6-4-10)12-7-14(18-2)16-8-13(12)15/h5,7-8,10H,3-4,6H2,1-2H3. The van der Waals surface area contributed by atoms with Crippen LogP contribution in [0.25, 0.3) is 5.57 Å². The minimum atomic E-state index is -0.344. The third kappa shape index (κ3) is 2.58. The van der Waals surface area contributed by atoms with E-state index in [0.717, 1.165) is 12.0 Å². The van der Waals surface area contributed by atoms with Crippen LogP contribution in [0.1, 0.15) is 31.7 Å². The minimum absolute atomic E-state index is 0.0838. The number of carbonyl (C=O) groups excluding carboxylic acids is 1. The Hall–Kier alpha value is -1.71. The Balaban J connectivity index is 2.25. The molecule has 0 saturated carbocycles. The van der Waals surface area contributed by atoms with Gasteiger partial charge in [-0.1, -0.05) is 6.08 Å². The second kappa shape index (κ2) is 5.29. The Morgan fingerprint density at radius 3 is 2.89 bits per heavy atom. The molecule has 18 heavy (non-hydrogen) atoms. The van der Waals surface area contributed by atoms with Gasteiger partial charge in [0.1, 0.15) is 11.6 Å². The summed E-state index contributed by atoms with van der Waals surface area (Å²) < 4.78 is 18.7. The summed E-state index contributed by atoms with van der Waals surface area (Å²) in [5.74, 6) is 0.350. The number of nitrogens with zero attached hydrogens (tertiary/aromatic N) is 1. The molecular formula is C14H16FNO2. The van der Waals surface area contributed by atoms with Crippen molar-refractivity contribution < 1.29 is 13.9 Å². The molecule has 1 aliphatic rings. The molecule has 1 unspecified atom stereocenters. The van der Waals surface area contributed by atoms with E-state index in [0.29, 0.717) is 24.3 Å². The number of hydrogen-bond donors (Lipinski definition) is 0. The van der Waals surface area contributed by atoms with Crippen molar-refractivity contribution in [3.05, 3.63) is 29.7 Å². The number of aromatic nitrogens is 1. The Morgan fingerprint density at radius 1 is 1.56 bits per heavy atom. The lowest BCUT2D eigenvalue weighted by molar-refractivity contribution is -0.120. The van der Waals surface area contributed by atoms with Crippen molar-refractivity contribution in [3.63, 3.8) is 0 Å². The van der Waals surface area contributed by atoms with Gasteiger partial charge in [-0.2, -0.15) is 0 Å². The molecule has 1 atom stereocenters. The average molecular weight is 249 g/mol. The fourth-order valence-corrected chi connectivity index (χ4v) is 2.23. The van der Waals surface area contributed by atoms with E-state index in [9.17, 15) is 9.18 Å². The van der Waals surface area contributed by atoms with E-state index < -0.39 is 0 Å². The first-order valence-corrected chi connectivity index (χ1v) is 6.01. The first-order chi connectivity index (χ1) is 8.61. The number of methoxy groups -OCH3 is 1. The molecular weight excluding hydrogens is 233 g/mol. The third-order valence-corrected chi connectivity index (χ3v) is 3.37. The summed E-state index contributed by atoms with van der Waals surface area (Å²) >= 11 is 0. The van der Waals surface area contributed by atoms with Gasteiger partial charge in [-0.15, -0.1) is 0 Å². The minimum Gasteiger partial charge on any atom is -0.481 e. The molecule has 0 aliphatic heterocycles. The van der Waals surface area contributed by atoms with Gasteiger partial charge in [-0.25, -0.2) is 9.37 Å². The van der Waals surface area contributed by atoms with Crippen molar-refractivity contribution in [2.45, 2.75) is 26.2 Å². The molecule has 0 spiro atoms. The van der Waals surface area contributed by atoms with E-state index in [2.05, 4.69) is 4.98 Å². The molecule has 0 aromatic carbocycles. The first kappa shape index (κ1) is 12.7. The van der Waals surface area contributed by atoms with Crippen molar-refractivity contribution in [1.29, 1.82) is 0 Å². The Kier molecular flexibility index (Phi) is 3.75. The summed E-state index contributed by atoms with van der Waals surface area (Å²) in [6.07, 6.45) is 5.31. The van der Waals surface area contributed by atoms with Crippen LogP contribution < -0.4 is 4.74 Å². The summed E-state index contributed by atoms with van der Waals surface area (Å²) in [7, 11) is 1.51. The van der Waals surface area contributed by atoms with E-state index in [1.807, 2.05) is 6.08 Å². The Morgan fingerprint density at radius 2 is 2.33 bits per heavy atom. The zero-order chi connectivity index (χ0) is 13.1. The first-order valence-electron chi connectivity index (χ1n) is 6.01. The van der Waals surface area contributed by atoms with E-state index in [1.165, 1.54) is 13.3 Å². The number of allylic oxidation sites excluding steroid dienone is 2. The predicted molar refractivity (Wildman–Crippen MR) is 66.7 cm³/mol. The van der Waals surface area contributed by atoms with Crippen molar-refractivity contribution in [1.82, 2.24) is 4.98 Å². The van der Waals surface area contributed by atoms with Gasteiger partial charge in [0, 0.05) is 17.5 Å². The Bertz CT molecular complexity index is 497. The smallest absolute Gasteiger partial charge is 0.213 e. The number of hydrogen-bond acceptors (Lipinski definition) is 3. The summed E-state index contributed by atoms with van der Waals surface area (Å²) in [6, 6.07) is 1.61. The van der Waals surface area contributed by atoms with E-state index in [-0.39, 0.29) is 17.5 Å². The van der Waals surface area contributed by atoms with Crippen molar-refractivity contribution >= 4 is 11.4 Å². The van der Waals surface area contributed by atoms with Crippen molar-refractivity contribution in [2.24, 2.45) is 5.92 Å². The van der Waals surface area contributed by atoms with Gasteiger partial charge in [0.05, 0.1) is 13.3 Å². The van der Waals surface area contributed by atoms with Gasteiger partial charge in [-0.05, 0) is 31.8 Å². The maximum Gasteiger partial charge on any atom is 0.213 e. The largest absolute Gasteiger partial charge is 0.481 e. The third-order valence-electron chi connectivity index (χ3n) is 3.37. The van der Waals surface area contributed by atoms with Crippen LogP contribution in [-0.4, -0.2) is 17.9 Å². The highest BCUT2D eigenvalue weighted by Gasteiger charge is 2.20. The van der Waals surface area contributed by atoms with Crippen LogP contribution in [0, 0.1) is 11.7 Å². The van der Waals surface area contributed by atoms with Gasteiger partial charge >= 0.3 is 0 Å². The predicted octanol–water partition coefficient (Wildman–Crippen LogP) is 3.00. The number of carbonyl (C=O) groups is 1. The van der Waals surface area contributed by atoms with Crippen LogP contribution in [-0.2, 0) is 4.79 Å². The topological polar surface area (TPSA) is 39.2 Å². The van der Waals surface area contributed by atoms with E-state index in [4.69, 9.17) is 4.74 Å². The van der Waals surface area contributed by atoms with Crippen LogP contribution >= 0.6 is 0 Å². The number of rotatable bonds is 3. The fourth-order valence-electron chi connectivity index (χ4n) is 2.23. The molecule has 0 saturated heterocycles. The van der Waals surface area contributed by atoms with Crippen LogP contribution in [0.5, 0.6) is 5.88 Å². The monoisotopic (exact) mass is 249 g/mol. The highest BCUT2D eigenvalue weighted by atomic mass is 19.1.